The van der Waals surface area contributed by atoms with E-state index in [0.717, 1.165) is 29.0 Å². The summed E-state index contributed by atoms with van der Waals surface area (Å²) < 4.78 is 1.96. The van der Waals surface area contributed by atoms with Crippen LogP contribution in [0.5, 0.6) is 0 Å². The Morgan fingerprint density at radius 3 is 3.22 bits per heavy atom. The maximum Gasteiger partial charge on any atom is 0.327 e. The monoisotopic (exact) mass is 311 g/mol. The molecular weight excluding hydrogens is 294 g/mol. The van der Waals surface area contributed by atoms with Gasteiger partial charge in [0.25, 0.3) is 0 Å². The van der Waals surface area contributed by atoms with Crippen LogP contribution in [0.3, 0.4) is 0 Å². The van der Waals surface area contributed by atoms with E-state index >= 15 is 0 Å². The van der Waals surface area contributed by atoms with Gasteiger partial charge in [0.05, 0.1) is 17.7 Å². The second kappa shape index (κ2) is 5.20. The van der Waals surface area contributed by atoms with Crippen LogP contribution >= 0.6 is 0 Å². The number of aliphatic carboxylic acids is 1. The fourth-order valence-corrected chi connectivity index (χ4v) is 3.19. The van der Waals surface area contributed by atoms with Gasteiger partial charge in [-0.2, -0.15) is 0 Å². The summed E-state index contributed by atoms with van der Waals surface area (Å²) in [6.07, 6.45) is 6.26. The first-order valence-corrected chi connectivity index (χ1v) is 7.55. The fraction of sp³-hybridized carbons (Fsp3) is 0.312. The van der Waals surface area contributed by atoms with E-state index in [1.165, 1.54) is 0 Å². The average molecular weight is 311 g/mol. The zero-order chi connectivity index (χ0) is 16.0. The predicted octanol–water partition coefficient (Wildman–Crippen LogP) is 1.55. The second-order valence-electron chi connectivity index (χ2n) is 5.93. The molecule has 0 amide bonds. The first kappa shape index (κ1) is 14.0. The van der Waals surface area contributed by atoms with Crippen LogP contribution < -0.4 is 0 Å². The van der Waals surface area contributed by atoms with Crippen molar-refractivity contribution in [1.29, 1.82) is 0 Å². The van der Waals surface area contributed by atoms with Crippen molar-refractivity contribution in [1.82, 2.24) is 24.3 Å². The highest BCUT2D eigenvalue weighted by molar-refractivity contribution is 5.75. The number of nitrogens with zero attached hydrogens (tertiary/aromatic N) is 4. The molecule has 23 heavy (non-hydrogen) atoms. The summed E-state index contributed by atoms with van der Waals surface area (Å²) in [5, 5.41) is 9.61. The number of pyridine rings is 1. The van der Waals surface area contributed by atoms with E-state index in [9.17, 15) is 9.90 Å². The molecule has 1 atom stereocenters. The minimum Gasteiger partial charge on any atom is -0.480 e. The van der Waals surface area contributed by atoms with Crippen molar-refractivity contribution in [3.63, 3.8) is 0 Å². The SMILES string of the molecule is Cc1ccn2cc(CN3CCc4[nH]cnc4[C@H]3C(=O)O)nc2c1. The summed E-state index contributed by atoms with van der Waals surface area (Å²) in [7, 11) is 0. The molecule has 0 saturated carbocycles. The van der Waals surface area contributed by atoms with E-state index < -0.39 is 12.0 Å². The third-order valence-corrected chi connectivity index (χ3v) is 4.29. The molecule has 0 aliphatic carbocycles. The van der Waals surface area contributed by atoms with Crippen LogP contribution in [0.4, 0.5) is 0 Å². The van der Waals surface area contributed by atoms with E-state index in [-0.39, 0.29) is 0 Å². The summed E-state index contributed by atoms with van der Waals surface area (Å²) >= 11 is 0. The van der Waals surface area contributed by atoms with Crippen LogP contribution in [0.2, 0.25) is 0 Å². The molecular formula is C16H17N5O2. The number of carboxylic acids is 1. The third-order valence-electron chi connectivity index (χ3n) is 4.29. The largest absolute Gasteiger partial charge is 0.480 e. The normalized spacial score (nSPS) is 18.2. The minimum atomic E-state index is -0.877. The number of carboxylic acid groups (broad SMARTS) is 1. The molecule has 0 aromatic carbocycles. The lowest BCUT2D eigenvalue weighted by Gasteiger charge is -2.31. The maximum absolute atomic E-state index is 11.7. The van der Waals surface area contributed by atoms with Gasteiger partial charge in [-0.3, -0.25) is 9.69 Å². The van der Waals surface area contributed by atoms with Gasteiger partial charge in [-0.1, -0.05) is 0 Å². The molecule has 7 nitrogen and oxygen atoms in total. The van der Waals surface area contributed by atoms with Gasteiger partial charge in [-0.25, -0.2) is 9.97 Å². The highest BCUT2D eigenvalue weighted by Crippen LogP contribution is 2.28. The number of carbonyl (C=O) groups is 1. The van der Waals surface area contributed by atoms with Crippen molar-refractivity contribution in [2.45, 2.75) is 25.9 Å². The molecule has 0 fully saturated rings. The summed E-state index contributed by atoms with van der Waals surface area (Å²) in [5.74, 6) is -0.877. The maximum atomic E-state index is 11.7. The smallest absolute Gasteiger partial charge is 0.327 e. The van der Waals surface area contributed by atoms with Crippen LogP contribution in [0.25, 0.3) is 5.65 Å². The Morgan fingerprint density at radius 1 is 1.52 bits per heavy atom. The highest BCUT2D eigenvalue weighted by Gasteiger charge is 2.35. The van der Waals surface area contributed by atoms with Crippen molar-refractivity contribution < 1.29 is 9.90 Å². The van der Waals surface area contributed by atoms with E-state index in [0.29, 0.717) is 18.8 Å². The Hall–Kier alpha value is -2.67. The summed E-state index contributed by atoms with van der Waals surface area (Å²) in [6, 6.07) is 3.31. The van der Waals surface area contributed by atoms with Crippen LogP contribution in [0.1, 0.15) is 28.7 Å². The molecule has 1 aliphatic heterocycles. The average Bonchev–Trinajstić information content (AvgIpc) is 3.11. The molecule has 4 heterocycles. The molecule has 0 spiro atoms. The van der Waals surface area contributed by atoms with Gasteiger partial charge in [-0.15, -0.1) is 0 Å². The molecule has 118 valence electrons. The Balaban J connectivity index is 1.65. The Morgan fingerprint density at radius 2 is 2.39 bits per heavy atom. The number of nitrogens with one attached hydrogen (secondary N) is 1. The molecule has 4 rings (SSSR count). The zero-order valence-electron chi connectivity index (χ0n) is 12.7. The molecule has 0 saturated heterocycles. The summed E-state index contributed by atoms with van der Waals surface area (Å²) in [5.41, 5.74) is 4.42. The van der Waals surface area contributed by atoms with E-state index in [2.05, 4.69) is 15.0 Å². The minimum absolute atomic E-state index is 0.490. The van der Waals surface area contributed by atoms with Crippen molar-refractivity contribution >= 4 is 11.6 Å². The van der Waals surface area contributed by atoms with E-state index in [4.69, 9.17) is 0 Å². The Labute approximate surface area is 132 Å². The molecule has 7 heteroatoms. The van der Waals surface area contributed by atoms with Crippen molar-refractivity contribution in [3.8, 4) is 0 Å². The topological polar surface area (TPSA) is 86.5 Å². The Bertz CT molecular complexity index is 882. The summed E-state index contributed by atoms with van der Waals surface area (Å²) in [4.78, 5) is 25.5. The molecule has 0 unspecified atom stereocenters. The number of aromatic nitrogens is 4. The lowest BCUT2D eigenvalue weighted by atomic mass is 10.0. The number of fused-ring (bicyclic) bond motifs is 2. The number of hydrogen-bond acceptors (Lipinski definition) is 4. The predicted molar refractivity (Wildman–Crippen MR) is 83.0 cm³/mol. The van der Waals surface area contributed by atoms with Gasteiger partial charge in [0, 0.05) is 37.6 Å². The quantitative estimate of drug-likeness (QED) is 0.766. The molecule has 0 radical (unpaired) electrons. The van der Waals surface area contributed by atoms with Gasteiger partial charge in [-0.05, 0) is 24.6 Å². The van der Waals surface area contributed by atoms with E-state index in [1.54, 1.807) is 6.33 Å². The molecule has 3 aromatic rings. The standard InChI is InChI=1S/C16H17N5O2/c1-10-2-4-20-7-11(19-13(20)6-10)8-21-5-3-12-14(18-9-17-12)15(21)16(22)23/h2,4,6-7,9,15H,3,5,8H2,1H3,(H,17,18)(H,22,23)/t15-/m0/s1. The molecule has 2 N–H and O–H groups in total. The third kappa shape index (κ3) is 2.39. The van der Waals surface area contributed by atoms with Crippen LogP contribution in [-0.2, 0) is 17.8 Å². The van der Waals surface area contributed by atoms with Crippen molar-refractivity contribution in [3.05, 3.63) is 53.5 Å². The van der Waals surface area contributed by atoms with Gasteiger partial charge < -0.3 is 14.5 Å². The van der Waals surface area contributed by atoms with Gasteiger partial charge >= 0.3 is 5.97 Å². The van der Waals surface area contributed by atoms with Crippen LogP contribution in [0, 0.1) is 6.92 Å². The number of aromatic amines is 1. The van der Waals surface area contributed by atoms with Crippen molar-refractivity contribution in [2.75, 3.05) is 6.54 Å². The first-order valence-electron chi connectivity index (χ1n) is 7.55. The van der Waals surface area contributed by atoms with Crippen molar-refractivity contribution in [2.24, 2.45) is 0 Å². The van der Waals surface area contributed by atoms with Crippen LogP contribution in [0.15, 0.2) is 30.9 Å². The number of imidazole rings is 2. The zero-order valence-corrected chi connectivity index (χ0v) is 12.7. The fourth-order valence-electron chi connectivity index (χ4n) is 3.19. The first-order chi connectivity index (χ1) is 11.1. The lowest BCUT2D eigenvalue weighted by molar-refractivity contribution is -0.144. The molecule has 3 aromatic heterocycles. The van der Waals surface area contributed by atoms with Gasteiger partial charge in [0.15, 0.2) is 6.04 Å². The Kier molecular flexibility index (Phi) is 3.16. The molecule has 0 bridgehead atoms. The van der Waals surface area contributed by atoms with Gasteiger partial charge in [0.1, 0.15) is 5.65 Å². The summed E-state index contributed by atoms with van der Waals surface area (Å²) in [6.45, 7) is 3.18. The van der Waals surface area contributed by atoms with E-state index in [1.807, 2.05) is 40.8 Å². The number of H-pyrrole nitrogens is 1. The van der Waals surface area contributed by atoms with Crippen LogP contribution in [-0.4, -0.2) is 41.9 Å². The number of aryl methyl sites for hydroxylation is 1. The highest BCUT2D eigenvalue weighted by atomic mass is 16.4. The second-order valence-corrected chi connectivity index (χ2v) is 5.93. The van der Waals surface area contributed by atoms with Gasteiger partial charge in [0.2, 0.25) is 0 Å². The lowest BCUT2D eigenvalue weighted by Crippen LogP contribution is -2.39. The number of hydrogen-bond donors (Lipinski definition) is 2. The number of rotatable bonds is 3. The molecule has 1 aliphatic rings.